The van der Waals surface area contributed by atoms with Gasteiger partial charge in [-0.25, -0.2) is 8.91 Å². The van der Waals surface area contributed by atoms with Crippen LogP contribution in [-0.4, -0.2) is 56.5 Å². The third kappa shape index (κ3) is 5.64. The first-order valence-corrected chi connectivity index (χ1v) is 12.2. The van der Waals surface area contributed by atoms with Crippen molar-refractivity contribution in [1.82, 2.24) is 19.9 Å². The number of nitrogens with one attached hydrogen (secondary N) is 2. The van der Waals surface area contributed by atoms with E-state index in [9.17, 15) is 14.3 Å². The molecule has 0 unspecified atom stereocenters. The highest BCUT2D eigenvalue weighted by Gasteiger charge is 2.28. The minimum absolute atomic E-state index is 0.167. The minimum atomic E-state index is -1.62. The van der Waals surface area contributed by atoms with E-state index in [0.29, 0.717) is 40.7 Å². The third-order valence-corrected chi connectivity index (χ3v) is 6.79. The summed E-state index contributed by atoms with van der Waals surface area (Å²) in [5, 5.41) is 29.4. The molecule has 0 bridgehead atoms. The molecule has 0 aromatic carbocycles. The van der Waals surface area contributed by atoms with Crippen LogP contribution in [0.15, 0.2) is 36.7 Å². The number of halogens is 1. The van der Waals surface area contributed by atoms with Gasteiger partial charge in [0.15, 0.2) is 0 Å². The molecular weight excluding hydrogens is 461 g/mol. The number of aliphatic hydroxyl groups is 1. The van der Waals surface area contributed by atoms with Crippen LogP contribution in [0.3, 0.4) is 0 Å². The molecule has 0 spiro atoms. The second-order valence-electron chi connectivity index (χ2n) is 9.96. The molecule has 1 aliphatic carbocycles. The zero-order valence-electron chi connectivity index (χ0n) is 20.5. The molecule has 190 valence electrons. The number of nitriles is 1. The Morgan fingerprint density at radius 3 is 2.72 bits per heavy atom. The highest BCUT2D eigenvalue weighted by Crippen LogP contribution is 2.30. The summed E-state index contributed by atoms with van der Waals surface area (Å²) in [5.74, 6) is 0.0366. The number of rotatable bonds is 8. The van der Waals surface area contributed by atoms with Crippen molar-refractivity contribution in [1.29, 1.82) is 5.26 Å². The lowest BCUT2D eigenvalue weighted by Crippen LogP contribution is -2.42. The van der Waals surface area contributed by atoms with Gasteiger partial charge in [0.1, 0.15) is 12.2 Å². The number of alkyl halides is 1. The van der Waals surface area contributed by atoms with Crippen molar-refractivity contribution in [3.05, 3.63) is 47.8 Å². The van der Waals surface area contributed by atoms with Crippen molar-refractivity contribution in [3.8, 4) is 17.5 Å². The van der Waals surface area contributed by atoms with E-state index >= 15 is 0 Å². The highest BCUT2D eigenvalue weighted by molar-refractivity contribution is 6.00. The number of amides is 1. The van der Waals surface area contributed by atoms with Crippen molar-refractivity contribution in [3.63, 3.8) is 0 Å². The maximum Gasteiger partial charge on any atom is 0.255 e. The fourth-order valence-corrected chi connectivity index (χ4v) is 4.44. The molecule has 1 amide bonds. The smallest absolute Gasteiger partial charge is 0.255 e. The fraction of sp³-hybridized carbons (Fsp3) is 0.462. The molecule has 5 N–H and O–H groups in total. The van der Waals surface area contributed by atoms with Crippen LogP contribution in [0.25, 0.3) is 16.9 Å². The number of pyridine rings is 1. The zero-order valence-corrected chi connectivity index (χ0v) is 20.5. The van der Waals surface area contributed by atoms with E-state index < -0.39 is 17.7 Å². The second-order valence-corrected chi connectivity index (χ2v) is 9.96. The molecule has 1 atom stereocenters. The van der Waals surface area contributed by atoms with Gasteiger partial charge in [0.05, 0.1) is 52.1 Å². The maximum atomic E-state index is 14.2. The standard InChI is InChI=1S/C26H32FN7O2/c1-26(2,36)24(27)15-31-25(35)20-14-30-22(10-21(20)33-18-5-3-16(11-28)4-6-18)23-8-7-19-9-17(12-29)13-32-34(19)23/h7-10,13-14,16,18,24,36H,3-6,11,15,28H2,1-2H3,(H,30,33)(H,31,35)/t16?,18?,24-/m1/s1. The molecule has 0 aliphatic heterocycles. The number of carbonyl (C=O) groups excluding carboxylic acids is 1. The second kappa shape index (κ2) is 10.6. The van der Waals surface area contributed by atoms with E-state index in [2.05, 4.69) is 26.8 Å². The molecule has 1 saturated carbocycles. The lowest BCUT2D eigenvalue weighted by molar-refractivity contribution is -0.00177. The number of anilines is 1. The summed E-state index contributed by atoms with van der Waals surface area (Å²) >= 11 is 0. The number of hydrogen-bond acceptors (Lipinski definition) is 7. The van der Waals surface area contributed by atoms with Crippen molar-refractivity contribution >= 4 is 17.1 Å². The topological polar surface area (TPSA) is 141 Å². The zero-order chi connectivity index (χ0) is 25.9. The summed E-state index contributed by atoms with van der Waals surface area (Å²) in [7, 11) is 0. The van der Waals surface area contributed by atoms with Crippen LogP contribution < -0.4 is 16.4 Å². The van der Waals surface area contributed by atoms with Gasteiger partial charge in [0, 0.05) is 12.2 Å². The third-order valence-electron chi connectivity index (χ3n) is 6.79. The Morgan fingerprint density at radius 1 is 1.31 bits per heavy atom. The molecule has 1 fully saturated rings. The van der Waals surface area contributed by atoms with Gasteiger partial charge in [-0.05, 0) is 76.3 Å². The molecule has 36 heavy (non-hydrogen) atoms. The lowest BCUT2D eigenvalue weighted by atomic mass is 9.86. The van der Waals surface area contributed by atoms with Gasteiger partial charge in [-0.15, -0.1) is 0 Å². The average Bonchev–Trinajstić information content (AvgIpc) is 3.30. The first-order valence-electron chi connectivity index (χ1n) is 12.2. The molecule has 3 aromatic heterocycles. The van der Waals surface area contributed by atoms with Crippen LogP contribution >= 0.6 is 0 Å². The summed E-state index contributed by atoms with van der Waals surface area (Å²) < 4.78 is 15.9. The maximum absolute atomic E-state index is 14.2. The van der Waals surface area contributed by atoms with Crippen LogP contribution in [0, 0.1) is 17.2 Å². The monoisotopic (exact) mass is 493 g/mol. The Hall–Kier alpha value is -3.55. The van der Waals surface area contributed by atoms with E-state index in [4.69, 9.17) is 11.0 Å². The molecule has 0 saturated heterocycles. The van der Waals surface area contributed by atoms with Gasteiger partial charge in [-0.3, -0.25) is 9.78 Å². The normalized spacial score (nSPS) is 19.0. The largest absolute Gasteiger partial charge is 0.387 e. The number of carbonyl (C=O) groups is 1. The highest BCUT2D eigenvalue weighted by atomic mass is 19.1. The quantitative estimate of drug-likeness (QED) is 0.378. The van der Waals surface area contributed by atoms with E-state index in [1.54, 1.807) is 16.6 Å². The van der Waals surface area contributed by atoms with Crippen molar-refractivity contribution in [2.24, 2.45) is 11.7 Å². The Bertz CT molecular complexity index is 1270. The van der Waals surface area contributed by atoms with E-state index in [0.717, 1.165) is 31.2 Å². The van der Waals surface area contributed by atoms with Gasteiger partial charge >= 0.3 is 0 Å². The molecule has 9 nitrogen and oxygen atoms in total. The lowest BCUT2D eigenvalue weighted by Gasteiger charge is -2.29. The van der Waals surface area contributed by atoms with Crippen LogP contribution in [0.4, 0.5) is 10.1 Å². The summed E-state index contributed by atoms with van der Waals surface area (Å²) in [6.45, 7) is 3.08. The number of fused-ring (bicyclic) bond motifs is 1. The summed E-state index contributed by atoms with van der Waals surface area (Å²) in [4.78, 5) is 17.5. The van der Waals surface area contributed by atoms with Crippen LogP contribution in [0.2, 0.25) is 0 Å². The number of hydrogen-bond donors (Lipinski definition) is 4. The van der Waals surface area contributed by atoms with Crippen LogP contribution in [-0.2, 0) is 0 Å². The number of aromatic nitrogens is 3. The van der Waals surface area contributed by atoms with Gasteiger partial charge in [0.25, 0.3) is 5.91 Å². The Kier molecular flexibility index (Phi) is 7.52. The van der Waals surface area contributed by atoms with Crippen molar-refractivity contribution in [2.45, 2.75) is 57.3 Å². The number of nitrogens with zero attached hydrogens (tertiary/aromatic N) is 4. The van der Waals surface area contributed by atoms with Crippen molar-refractivity contribution < 1.29 is 14.3 Å². The van der Waals surface area contributed by atoms with E-state index in [1.807, 2.05) is 12.1 Å². The Morgan fingerprint density at radius 2 is 2.06 bits per heavy atom. The van der Waals surface area contributed by atoms with Crippen LogP contribution in [0.5, 0.6) is 0 Å². The predicted octanol–water partition coefficient (Wildman–Crippen LogP) is 3.04. The van der Waals surface area contributed by atoms with E-state index in [1.165, 1.54) is 26.2 Å². The fourth-order valence-electron chi connectivity index (χ4n) is 4.44. The van der Waals surface area contributed by atoms with Gasteiger partial charge in [-0.2, -0.15) is 10.4 Å². The summed E-state index contributed by atoms with van der Waals surface area (Å²) in [6.07, 6.45) is 5.22. The molecule has 3 aromatic rings. The van der Waals surface area contributed by atoms with Gasteiger partial charge in [-0.1, -0.05) is 0 Å². The average molecular weight is 494 g/mol. The van der Waals surface area contributed by atoms with Crippen LogP contribution in [0.1, 0.15) is 55.5 Å². The SMILES string of the molecule is CC(C)(O)[C@H](F)CNC(=O)c1cnc(-c2ccc3cc(C#N)cnn23)cc1NC1CCC(CN)CC1. The molecule has 10 heteroatoms. The van der Waals surface area contributed by atoms with Gasteiger partial charge < -0.3 is 21.5 Å². The Labute approximate surface area is 209 Å². The molecular formula is C26H32FN7O2. The summed E-state index contributed by atoms with van der Waals surface area (Å²) in [6, 6.07) is 9.50. The number of nitrogens with two attached hydrogens (primary N) is 1. The molecule has 3 heterocycles. The van der Waals surface area contributed by atoms with E-state index in [-0.39, 0.29) is 12.6 Å². The first-order chi connectivity index (χ1) is 17.2. The molecule has 1 aliphatic rings. The Balaban J connectivity index is 1.64. The molecule has 4 rings (SSSR count). The first kappa shape index (κ1) is 25.5. The summed E-state index contributed by atoms with van der Waals surface area (Å²) in [5.41, 5.74) is 7.68. The molecule has 0 radical (unpaired) electrons. The van der Waals surface area contributed by atoms with Gasteiger partial charge in [0.2, 0.25) is 0 Å². The minimum Gasteiger partial charge on any atom is -0.387 e. The van der Waals surface area contributed by atoms with Crippen molar-refractivity contribution in [2.75, 3.05) is 18.4 Å². The predicted molar refractivity (Wildman–Crippen MR) is 135 cm³/mol.